The minimum Gasteiger partial charge on any atom is -0.200 e. The van der Waals surface area contributed by atoms with Crippen molar-refractivity contribution in [1.82, 2.24) is 0 Å². The minimum atomic E-state index is -4.45. The molecule has 0 unspecified atom stereocenters. The van der Waals surface area contributed by atoms with Gasteiger partial charge < -0.3 is 0 Å². The van der Waals surface area contributed by atoms with E-state index in [1.165, 1.54) is 48.5 Å². The number of hydrogen-bond acceptors (Lipinski definition) is 4. The monoisotopic (exact) mass is 607 g/mol. The molecule has 0 aliphatic heterocycles. The first-order valence-electron chi connectivity index (χ1n) is 7.71. The average molecular weight is 610 g/mol. The van der Waals surface area contributed by atoms with Gasteiger partial charge in [-0.2, -0.15) is 3.71 Å². The van der Waals surface area contributed by atoms with Gasteiger partial charge in [0.05, 0.1) is 15.5 Å². The summed E-state index contributed by atoms with van der Waals surface area (Å²) in [7, 11) is -8.90. The number of rotatable bonds is 5. The van der Waals surface area contributed by atoms with Crippen LogP contribution in [-0.4, -0.2) is 16.8 Å². The third-order valence-electron chi connectivity index (χ3n) is 3.68. The normalized spacial score (nSPS) is 12.0. The van der Waals surface area contributed by atoms with Crippen LogP contribution in [0.1, 0.15) is 0 Å². The van der Waals surface area contributed by atoms with Gasteiger partial charge in [0.25, 0.3) is 20.0 Å². The fourth-order valence-corrected chi connectivity index (χ4v) is 9.35. The number of hydrogen-bond donors (Lipinski definition) is 0. The molecule has 146 valence electrons. The Labute approximate surface area is 188 Å². The van der Waals surface area contributed by atoms with E-state index in [2.05, 4.69) is 47.8 Å². The molecule has 0 fully saturated rings. The van der Waals surface area contributed by atoms with Crippen molar-refractivity contribution in [2.45, 2.75) is 9.79 Å². The van der Waals surface area contributed by atoms with Crippen LogP contribution < -0.4 is 3.71 Å². The number of halogens is 3. The van der Waals surface area contributed by atoms with Crippen LogP contribution in [0.2, 0.25) is 0 Å². The molecule has 3 aromatic rings. The van der Waals surface area contributed by atoms with E-state index < -0.39 is 20.0 Å². The minimum absolute atomic E-state index is 0.0455. The van der Waals surface area contributed by atoms with Crippen molar-refractivity contribution >= 4 is 73.5 Å². The van der Waals surface area contributed by atoms with E-state index in [9.17, 15) is 16.8 Å². The fraction of sp³-hybridized carbons (Fsp3) is 0. The molecular weight excluding hydrogens is 598 g/mol. The largest absolute Gasteiger partial charge is 0.277 e. The van der Waals surface area contributed by atoms with Crippen LogP contribution in [-0.2, 0) is 20.0 Å². The molecule has 10 heteroatoms. The Balaban J connectivity index is 2.37. The molecule has 0 spiro atoms. The highest BCUT2D eigenvalue weighted by Crippen LogP contribution is 2.42. The Kier molecular flexibility index (Phi) is 6.35. The zero-order valence-electron chi connectivity index (χ0n) is 14.0. The van der Waals surface area contributed by atoms with Crippen molar-refractivity contribution < 1.29 is 16.8 Å². The van der Waals surface area contributed by atoms with Crippen LogP contribution in [0.15, 0.2) is 96.0 Å². The molecule has 0 atom stereocenters. The smallest absolute Gasteiger partial charge is 0.200 e. The standard InChI is InChI=1S/C18H12Br3NO4S2/c19-13-11-16(20)18(17(21)12-13)22(27(23,24)14-7-3-1-4-8-14)28(25,26)15-9-5-2-6-10-15/h1-12H. The van der Waals surface area contributed by atoms with E-state index in [-0.39, 0.29) is 24.4 Å². The van der Waals surface area contributed by atoms with Gasteiger partial charge in [-0.25, -0.2) is 16.8 Å². The summed E-state index contributed by atoms with van der Waals surface area (Å²) >= 11 is 9.91. The lowest BCUT2D eigenvalue weighted by Gasteiger charge is -2.26. The van der Waals surface area contributed by atoms with Gasteiger partial charge in [-0.3, -0.25) is 0 Å². The quantitative estimate of drug-likeness (QED) is 0.380. The van der Waals surface area contributed by atoms with Crippen molar-refractivity contribution in [1.29, 1.82) is 0 Å². The third-order valence-corrected chi connectivity index (χ3v) is 9.50. The summed E-state index contributed by atoms with van der Waals surface area (Å²) < 4.78 is 55.4. The van der Waals surface area contributed by atoms with E-state index in [1.807, 2.05) is 0 Å². The molecule has 0 aliphatic rings. The SMILES string of the molecule is O=S(=O)(c1ccccc1)N(c1c(Br)cc(Br)cc1Br)S(=O)(=O)c1ccccc1. The first-order valence-corrected chi connectivity index (χ1v) is 13.0. The zero-order chi connectivity index (χ0) is 20.5. The Morgan fingerprint density at radius 2 is 0.964 bits per heavy atom. The van der Waals surface area contributed by atoms with E-state index in [0.29, 0.717) is 8.18 Å². The second-order valence-electron chi connectivity index (χ2n) is 5.55. The van der Waals surface area contributed by atoms with Crippen LogP contribution >= 0.6 is 47.8 Å². The van der Waals surface area contributed by atoms with E-state index in [1.54, 1.807) is 24.3 Å². The Morgan fingerprint density at radius 1 is 0.607 bits per heavy atom. The number of nitrogens with zero attached hydrogens (tertiary/aromatic N) is 1. The van der Waals surface area contributed by atoms with Crippen molar-refractivity contribution in [3.05, 3.63) is 86.2 Å². The van der Waals surface area contributed by atoms with Gasteiger partial charge in [-0.15, -0.1) is 0 Å². The van der Waals surface area contributed by atoms with Crippen LogP contribution in [0, 0.1) is 0 Å². The second kappa shape index (κ2) is 8.27. The summed E-state index contributed by atoms with van der Waals surface area (Å²) in [6.45, 7) is 0. The number of benzene rings is 3. The van der Waals surface area contributed by atoms with Crippen LogP contribution in [0.3, 0.4) is 0 Å². The summed E-state index contributed by atoms with van der Waals surface area (Å²) in [4.78, 5) is -0.285. The predicted molar refractivity (Wildman–Crippen MR) is 119 cm³/mol. The topological polar surface area (TPSA) is 71.5 Å². The lowest BCUT2D eigenvalue weighted by Crippen LogP contribution is -2.37. The number of anilines is 1. The van der Waals surface area contributed by atoms with Gasteiger partial charge in [0.2, 0.25) is 0 Å². The van der Waals surface area contributed by atoms with Crippen molar-refractivity contribution in [3.63, 3.8) is 0 Å². The van der Waals surface area contributed by atoms with Gasteiger partial charge in [0.1, 0.15) is 0 Å². The molecule has 0 saturated heterocycles. The van der Waals surface area contributed by atoms with E-state index in [4.69, 9.17) is 0 Å². The summed E-state index contributed by atoms with van der Waals surface area (Å²) in [5.41, 5.74) is -0.0455. The molecule has 0 aliphatic carbocycles. The van der Waals surface area contributed by atoms with Crippen molar-refractivity contribution in [2.75, 3.05) is 3.71 Å². The molecule has 28 heavy (non-hydrogen) atoms. The van der Waals surface area contributed by atoms with Crippen molar-refractivity contribution in [2.24, 2.45) is 0 Å². The molecule has 0 heterocycles. The summed E-state index contributed by atoms with van der Waals surface area (Å²) in [6, 6.07) is 18.0. The van der Waals surface area contributed by atoms with Crippen LogP contribution in [0.5, 0.6) is 0 Å². The molecule has 0 aromatic heterocycles. The Morgan fingerprint density at radius 3 is 1.32 bits per heavy atom. The zero-order valence-corrected chi connectivity index (χ0v) is 20.3. The Bertz CT molecular complexity index is 1120. The predicted octanol–water partition coefficient (Wildman–Crippen LogP) is 5.56. The molecule has 0 amide bonds. The van der Waals surface area contributed by atoms with E-state index >= 15 is 0 Å². The average Bonchev–Trinajstić information content (AvgIpc) is 2.65. The molecule has 0 bridgehead atoms. The summed E-state index contributed by atoms with van der Waals surface area (Å²) in [5, 5.41) is 0. The highest BCUT2D eigenvalue weighted by molar-refractivity contribution is 9.11. The first kappa shape index (κ1) is 21.5. The first-order chi connectivity index (χ1) is 13.2. The maximum atomic E-state index is 13.4. The maximum absolute atomic E-state index is 13.4. The lowest BCUT2D eigenvalue weighted by molar-refractivity contribution is 0.584. The molecule has 5 nitrogen and oxygen atoms in total. The van der Waals surface area contributed by atoms with E-state index in [0.717, 1.165) is 0 Å². The number of sulfonamides is 2. The molecule has 0 radical (unpaired) electrons. The van der Waals surface area contributed by atoms with Gasteiger partial charge >= 0.3 is 0 Å². The maximum Gasteiger partial charge on any atom is 0.277 e. The third kappa shape index (κ3) is 4.06. The molecule has 3 aromatic carbocycles. The highest BCUT2D eigenvalue weighted by Gasteiger charge is 2.39. The molecular formula is C18H12Br3NO4S2. The summed E-state index contributed by atoms with van der Waals surface area (Å²) in [5.74, 6) is 0. The molecule has 3 rings (SSSR count). The van der Waals surface area contributed by atoms with Gasteiger partial charge in [0.15, 0.2) is 0 Å². The molecule has 0 saturated carbocycles. The summed E-state index contributed by atoms with van der Waals surface area (Å²) in [6.07, 6.45) is 0. The van der Waals surface area contributed by atoms with Crippen molar-refractivity contribution in [3.8, 4) is 0 Å². The van der Waals surface area contributed by atoms with Gasteiger partial charge in [-0.05, 0) is 68.3 Å². The lowest BCUT2D eigenvalue weighted by atomic mass is 10.3. The van der Waals surface area contributed by atoms with Gasteiger partial charge in [0, 0.05) is 13.4 Å². The fourth-order valence-electron chi connectivity index (χ4n) is 2.45. The van der Waals surface area contributed by atoms with Crippen LogP contribution in [0.25, 0.3) is 0 Å². The highest BCUT2D eigenvalue weighted by atomic mass is 79.9. The second-order valence-corrected chi connectivity index (χ2v) is 12.0. The Hall–Kier alpha value is -1.20. The van der Waals surface area contributed by atoms with Crippen LogP contribution in [0.4, 0.5) is 5.69 Å². The van der Waals surface area contributed by atoms with Gasteiger partial charge in [-0.1, -0.05) is 52.3 Å². The molecule has 0 N–H and O–H groups in total.